The van der Waals surface area contributed by atoms with Crippen LogP contribution in [0.15, 0.2) is 29.2 Å². The standard InChI is InChI=1S/C10H14BNO4S2/c13-11(14)8-1-3-9(4-2-8)18(15,16)10-7-12-5-6-17-10/h1-4,10,12-14H,5-7H2/t10-/m0/s1. The summed E-state index contributed by atoms with van der Waals surface area (Å²) in [6, 6.07) is 5.66. The van der Waals surface area contributed by atoms with Crippen molar-refractivity contribution < 1.29 is 18.5 Å². The van der Waals surface area contributed by atoms with Gasteiger partial charge >= 0.3 is 7.12 Å². The second-order valence-electron chi connectivity index (χ2n) is 3.99. The van der Waals surface area contributed by atoms with Gasteiger partial charge in [-0.05, 0) is 17.6 Å². The highest BCUT2D eigenvalue weighted by Crippen LogP contribution is 2.25. The maximum atomic E-state index is 12.3. The highest BCUT2D eigenvalue weighted by Gasteiger charge is 2.29. The van der Waals surface area contributed by atoms with Crippen LogP contribution in [0.3, 0.4) is 0 Å². The molecule has 0 spiro atoms. The number of hydrogen-bond donors (Lipinski definition) is 3. The molecule has 1 heterocycles. The van der Waals surface area contributed by atoms with Gasteiger partial charge in [-0.3, -0.25) is 0 Å². The predicted octanol–water partition coefficient (Wildman–Crippen LogP) is -1.20. The van der Waals surface area contributed by atoms with Crippen molar-refractivity contribution in [3.63, 3.8) is 0 Å². The maximum Gasteiger partial charge on any atom is 0.488 e. The minimum atomic E-state index is -3.37. The molecule has 0 radical (unpaired) electrons. The number of hydrogen-bond acceptors (Lipinski definition) is 6. The summed E-state index contributed by atoms with van der Waals surface area (Å²) >= 11 is 1.43. The topological polar surface area (TPSA) is 86.6 Å². The van der Waals surface area contributed by atoms with Crippen molar-refractivity contribution >= 4 is 34.2 Å². The number of thioether (sulfide) groups is 1. The molecule has 0 aliphatic carbocycles. The van der Waals surface area contributed by atoms with E-state index in [1.165, 1.54) is 36.0 Å². The van der Waals surface area contributed by atoms with E-state index in [9.17, 15) is 8.42 Å². The van der Waals surface area contributed by atoms with Crippen LogP contribution in [-0.4, -0.2) is 49.0 Å². The fraction of sp³-hybridized carbons (Fsp3) is 0.400. The summed E-state index contributed by atoms with van der Waals surface area (Å²) in [7, 11) is -4.94. The molecule has 98 valence electrons. The highest BCUT2D eigenvalue weighted by atomic mass is 32.3. The van der Waals surface area contributed by atoms with Gasteiger partial charge in [-0.15, -0.1) is 11.8 Å². The average molecular weight is 287 g/mol. The van der Waals surface area contributed by atoms with E-state index in [0.717, 1.165) is 12.3 Å². The molecule has 1 aliphatic rings. The lowest BCUT2D eigenvalue weighted by Crippen LogP contribution is -2.37. The molecule has 1 saturated heterocycles. The molecule has 3 N–H and O–H groups in total. The zero-order valence-electron chi connectivity index (χ0n) is 9.61. The van der Waals surface area contributed by atoms with E-state index >= 15 is 0 Å². The van der Waals surface area contributed by atoms with E-state index in [1.807, 2.05) is 0 Å². The van der Waals surface area contributed by atoms with Crippen LogP contribution in [0.1, 0.15) is 0 Å². The largest absolute Gasteiger partial charge is 0.488 e. The van der Waals surface area contributed by atoms with Crippen molar-refractivity contribution in [1.29, 1.82) is 0 Å². The molecule has 2 rings (SSSR count). The van der Waals surface area contributed by atoms with Crippen LogP contribution in [-0.2, 0) is 9.84 Å². The Kier molecular flexibility index (Phi) is 4.34. The van der Waals surface area contributed by atoms with Gasteiger partial charge in [-0.25, -0.2) is 8.42 Å². The van der Waals surface area contributed by atoms with Crippen molar-refractivity contribution in [2.75, 3.05) is 18.8 Å². The zero-order chi connectivity index (χ0) is 13.2. The second-order valence-corrected chi connectivity index (χ2v) is 7.73. The molecule has 1 atom stereocenters. The minimum Gasteiger partial charge on any atom is -0.423 e. The zero-order valence-corrected chi connectivity index (χ0v) is 11.2. The van der Waals surface area contributed by atoms with Gasteiger partial charge in [-0.1, -0.05) is 12.1 Å². The minimum absolute atomic E-state index is 0.216. The average Bonchev–Trinajstić information content (AvgIpc) is 2.40. The van der Waals surface area contributed by atoms with Gasteiger partial charge in [0.05, 0.1) is 4.90 Å². The van der Waals surface area contributed by atoms with E-state index in [2.05, 4.69) is 5.32 Å². The summed E-state index contributed by atoms with van der Waals surface area (Å²) in [5.41, 5.74) is 0.281. The van der Waals surface area contributed by atoms with Gasteiger partial charge in [0, 0.05) is 18.8 Å². The SMILES string of the molecule is O=S(=O)(c1ccc(B(O)O)cc1)[C@H]1CNCCS1. The van der Waals surface area contributed by atoms with Gasteiger partial charge < -0.3 is 15.4 Å². The lowest BCUT2D eigenvalue weighted by Gasteiger charge is -2.22. The third-order valence-electron chi connectivity index (χ3n) is 2.75. The van der Waals surface area contributed by atoms with E-state index in [4.69, 9.17) is 10.0 Å². The number of nitrogens with one attached hydrogen (secondary N) is 1. The number of benzene rings is 1. The van der Waals surface area contributed by atoms with Crippen LogP contribution < -0.4 is 10.8 Å². The Hall–Kier alpha value is -0.535. The van der Waals surface area contributed by atoms with Crippen molar-refractivity contribution in [2.24, 2.45) is 0 Å². The number of sulfone groups is 1. The Morgan fingerprint density at radius 2 is 1.94 bits per heavy atom. The summed E-state index contributed by atoms with van der Waals surface area (Å²) in [4.78, 5) is 0.216. The highest BCUT2D eigenvalue weighted by molar-refractivity contribution is 8.13. The molecule has 0 amide bonds. The van der Waals surface area contributed by atoms with Crippen LogP contribution in [0, 0.1) is 0 Å². The first-order valence-electron chi connectivity index (χ1n) is 5.54. The van der Waals surface area contributed by atoms with Crippen molar-refractivity contribution in [2.45, 2.75) is 9.48 Å². The van der Waals surface area contributed by atoms with E-state index in [1.54, 1.807) is 0 Å². The first kappa shape index (κ1) is 13.9. The number of rotatable bonds is 3. The monoisotopic (exact) mass is 287 g/mol. The molecule has 0 bridgehead atoms. The Morgan fingerprint density at radius 3 is 2.44 bits per heavy atom. The molecule has 0 aromatic heterocycles. The van der Waals surface area contributed by atoms with Crippen LogP contribution in [0.25, 0.3) is 0 Å². The normalized spacial score (nSPS) is 20.7. The first-order chi connectivity index (χ1) is 8.51. The Morgan fingerprint density at radius 1 is 1.28 bits per heavy atom. The Bertz CT molecular complexity index is 497. The molecule has 1 fully saturated rings. The lowest BCUT2D eigenvalue weighted by atomic mass is 9.81. The smallest absolute Gasteiger partial charge is 0.423 e. The van der Waals surface area contributed by atoms with Crippen LogP contribution in [0.4, 0.5) is 0 Å². The van der Waals surface area contributed by atoms with Crippen LogP contribution in [0.2, 0.25) is 0 Å². The summed E-state index contributed by atoms with van der Waals surface area (Å²) in [5, 5.41) is 21.0. The Labute approximate surface area is 111 Å². The molecule has 0 saturated carbocycles. The molecule has 0 unspecified atom stereocenters. The molecule has 1 aliphatic heterocycles. The molecular weight excluding hydrogens is 273 g/mol. The maximum absolute atomic E-state index is 12.3. The van der Waals surface area contributed by atoms with E-state index < -0.39 is 21.5 Å². The molecule has 1 aromatic carbocycles. The summed E-state index contributed by atoms with van der Waals surface area (Å²) < 4.78 is 24.1. The van der Waals surface area contributed by atoms with Gasteiger partial charge in [-0.2, -0.15) is 0 Å². The second kappa shape index (κ2) is 5.62. The summed E-state index contributed by atoms with van der Waals surface area (Å²) in [5.74, 6) is 0.775. The molecule has 18 heavy (non-hydrogen) atoms. The van der Waals surface area contributed by atoms with Crippen LogP contribution >= 0.6 is 11.8 Å². The van der Waals surface area contributed by atoms with Gasteiger partial charge in [0.15, 0.2) is 9.84 Å². The molecule has 1 aromatic rings. The van der Waals surface area contributed by atoms with Gasteiger partial charge in [0.1, 0.15) is 4.58 Å². The van der Waals surface area contributed by atoms with E-state index in [0.29, 0.717) is 6.54 Å². The van der Waals surface area contributed by atoms with Gasteiger partial charge in [0.25, 0.3) is 0 Å². The predicted molar refractivity (Wildman–Crippen MR) is 72.6 cm³/mol. The quantitative estimate of drug-likeness (QED) is 0.606. The molecular formula is C10H14BNO4S2. The lowest BCUT2D eigenvalue weighted by molar-refractivity contribution is 0.425. The van der Waals surface area contributed by atoms with Gasteiger partial charge in [0.2, 0.25) is 0 Å². The summed E-state index contributed by atoms with van der Waals surface area (Å²) in [6.45, 7) is 1.27. The third kappa shape index (κ3) is 2.89. The van der Waals surface area contributed by atoms with E-state index in [-0.39, 0.29) is 10.4 Å². The van der Waals surface area contributed by atoms with Crippen molar-refractivity contribution in [3.05, 3.63) is 24.3 Å². The molecule has 5 nitrogen and oxygen atoms in total. The van der Waals surface area contributed by atoms with Crippen molar-refractivity contribution in [1.82, 2.24) is 5.32 Å². The summed E-state index contributed by atoms with van der Waals surface area (Å²) in [6.07, 6.45) is 0. The molecule has 8 heteroatoms. The fourth-order valence-electron chi connectivity index (χ4n) is 1.72. The Balaban J connectivity index is 2.23. The first-order valence-corrected chi connectivity index (χ1v) is 8.13. The fourth-order valence-corrected chi connectivity index (χ4v) is 4.98. The van der Waals surface area contributed by atoms with Crippen molar-refractivity contribution in [3.8, 4) is 0 Å². The third-order valence-corrected chi connectivity index (χ3v) is 6.68. The van der Waals surface area contributed by atoms with Crippen LogP contribution in [0.5, 0.6) is 0 Å².